The number of hydrogen-bond acceptors (Lipinski definition) is 3. The molecule has 0 bridgehead atoms. The van der Waals surface area contributed by atoms with Crippen LogP contribution in [0.4, 0.5) is 0 Å². The van der Waals surface area contributed by atoms with Gasteiger partial charge in [-0.2, -0.15) is 0 Å². The van der Waals surface area contributed by atoms with Crippen molar-refractivity contribution in [3.8, 4) is 0 Å². The summed E-state index contributed by atoms with van der Waals surface area (Å²) in [5, 5.41) is 8.33. The zero-order valence-corrected chi connectivity index (χ0v) is 6.80. The lowest BCUT2D eigenvalue weighted by atomic mass is 10.7. The van der Waals surface area contributed by atoms with Gasteiger partial charge in [0.25, 0.3) is 0 Å². The summed E-state index contributed by atoms with van der Waals surface area (Å²) in [5.41, 5.74) is 0. The molecular formula is C6H13ClO3. The van der Waals surface area contributed by atoms with Crippen LogP contribution in [-0.4, -0.2) is 37.1 Å². The molecule has 10 heavy (non-hydrogen) atoms. The predicted molar refractivity (Wildman–Crippen MR) is 39.2 cm³/mol. The number of rotatable bonds is 6. The highest BCUT2D eigenvalue weighted by Crippen LogP contribution is 1.92. The van der Waals surface area contributed by atoms with Crippen molar-refractivity contribution in [3.05, 3.63) is 0 Å². The van der Waals surface area contributed by atoms with E-state index in [-0.39, 0.29) is 12.9 Å². The molecule has 4 heteroatoms. The molecule has 3 nitrogen and oxygen atoms in total. The van der Waals surface area contributed by atoms with Crippen LogP contribution in [0.25, 0.3) is 0 Å². The Labute approximate surface area is 65.9 Å². The van der Waals surface area contributed by atoms with Crippen LogP contribution >= 0.6 is 11.6 Å². The topological polar surface area (TPSA) is 38.7 Å². The second-order valence-corrected chi connectivity index (χ2v) is 2.10. The maximum absolute atomic E-state index is 8.33. The number of aliphatic hydroxyl groups excluding tert-OH is 1. The van der Waals surface area contributed by atoms with E-state index in [0.717, 1.165) is 0 Å². The van der Waals surface area contributed by atoms with Crippen LogP contribution in [0, 0.1) is 0 Å². The van der Waals surface area contributed by atoms with Crippen LogP contribution < -0.4 is 0 Å². The lowest BCUT2D eigenvalue weighted by Gasteiger charge is -2.11. The summed E-state index contributed by atoms with van der Waals surface area (Å²) in [6.07, 6.45) is -0.272. The monoisotopic (exact) mass is 168 g/mol. The number of halogens is 1. The molecule has 0 radical (unpaired) electrons. The van der Waals surface area contributed by atoms with Gasteiger partial charge in [0.2, 0.25) is 0 Å². The van der Waals surface area contributed by atoms with Gasteiger partial charge in [0.1, 0.15) is 0 Å². The quantitative estimate of drug-likeness (QED) is 0.466. The van der Waals surface area contributed by atoms with Gasteiger partial charge in [0.05, 0.1) is 19.8 Å². The molecule has 0 saturated heterocycles. The van der Waals surface area contributed by atoms with Crippen molar-refractivity contribution in [2.45, 2.75) is 13.2 Å². The van der Waals surface area contributed by atoms with Crippen LogP contribution in [0.1, 0.15) is 6.92 Å². The average molecular weight is 169 g/mol. The van der Waals surface area contributed by atoms with Crippen LogP contribution in [0.2, 0.25) is 0 Å². The Kier molecular flexibility index (Phi) is 7.40. The second-order valence-electron chi connectivity index (χ2n) is 1.72. The molecule has 1 unspecified atom stereocenters. The molecular weight excluding hydrogens is 156 g/mol. The van der Waals surface area contributed by atoms with Crippen molar-refractivity contribution >= 4 is 11.6 Å². The van der Waals surface area contributed by atoms with Crippen molar-refractivity contribution in [1.82, 2.24) is 0 Å². The third kappa shape index (κ3) is 6.29. The van der Waals surface area contributed by atoms with E-state index in [1.165, 1.54) is 0 Å². The largest absolute Gasteiger partial charge is 0.394 e. The third-order valence-electron chi connectivity index (χ3n) is 0.874. The first kappa shape index (κ1) is 10.2. The lowest BCUT2D eigenvalue weighted by molar-refractivity contribution is -0.132. The van der Waals surface area contributed by atoms with Crippen molar-refractivity contribution in [1.29, 1.82) is 0 Å². The molecule has 0 fully saturated rings. The van der Waals surface area contributed by atoms with E-state index >= 15 is 0 Å². The minimum Gasteiger partial charge on any atom is -0.394 e. The van der Waals surface area contributed by atoms with Gasteiger partial charge in [0.15, 0.2) is 6.29 Å². The Hall–Kier alpha value is 0.170. The first-order valence-electron chi connectivity index (χ1n) is 3.21. The molecule has 1 atom stereocenters. The zero-order chi connectivity index (χ0) is 7.82. The highest BCUT2D eigenvalue weighted by molar-refractivity contribution is 6.17. The molecule has 62 valence electrons. The molecule has 0 aromatic heterocycles. The summed E-state index contributed by atoms with van der Waals surface area (Å²) in [7, 11) is 0. The van der Waals surface area contributed by atoms with Gasteiger partial charge in [-0.05, 0) is 6.92 Å². The summed E-state index contributed by atoms with van der Waals surface area (Å²) < 4.78 is 9.99. The molecule has 0 saturated carbocycles. The SMILES string of the molecule is CC(OCCO)OCCCl. The van der Waals surface area contributed by atoms with Crippen LogP contribution in [0.15, 0.2) is 0 Å². The minimum atomic E-state index is -0.272. The number of hydrogen-bond donors (Lipinski definition) is 1. The molecule has 0 aromatic carbocycles. The Morgan fingerprint density at radius 2 is 2.00 bits per heavy atom. The third-order valence-corrected chi connectivity index (χ3v) is 1.03. The average Bonchev–Trinajstić information content (AvgIpc) is 1.97. The Bertz CT molecular complexity index is 62.0. The molecule has 0 amide bonds. The summed E-state index contributed by atoms with van der Waals surface area (Å²) in [6.45, 7) is 2.58. The predicted octanol–water partition coefficient (Wildman–Crippen LogP) is 0.597. The lowest BCUT2D eigenvalue weighted by Crippen LogP contribution is -2.16. The number of aliphatic hydroxyl groups is 1. The maximum atomic E-state index is 8.33. The van der Waals surface area contributed by atoms with E-state index in [4.69, 9.17) is 26.2 Å². The molecule has 0 aliphatic heterocycles. The summed E-state index contributed by atoms with van der Waals surface area (Å²) in [5.74, 6) is 0.465. The van der Waals surface area contributed by atoms with Gasteiger partial charge in [-0.3, -0.25) is 0 Å². The highest BCUT2D eigenvalue weighted by Gasteiger charge is 1.98. The standard InChI is InChI=1S/C6H13ClO3/c1-6(9-4-2-7)10-5-3-8/h6,8H,2-5H2,1H3. The minimum absolute atomic E-state index is 0.0224. The van der Waals surface area contributed by atoms with Gasteiger partial charge in [-0.15, -0.1) is 11.6 Å². The normalized spacial score (nSPS) is 13.5. The van der Waals surface area contributed by atoms with Gasteiger partial charge < -0.3 is 14.6 Å². The molecule has 0 heterocycles. The smallest absolute Gasteiger partial charge is 0.154 e. The van der Waals surface area contributed by atoms with Crippen molar-refractivity contribution in [2.75, 3.05) is 25.7 Å². The molecule has 1 N–H and O–H groups in total. The Morgan fingerprint density at radius 3 is 2.50 bits per heavy atom. The fourth-order valence-corrected chi connectivity index (χ4v) is 0.566. The first-order valence-corrected chi connectivity index (χ1v) is 3.74. The number of alkyl halides is 1. The van der Waals surface area contributed by atoms with E-state index in [0.29, 0.717) is 19.1 Å². The van der Waals surface area contributed by atoms with Crippen molar-refractivity contribution < 1.29 is 14.6 Å². The van der Waals surface area contributed by atoms with E-state index in [1.54, 1.807) is 6.92 Å². The molecule has 0 spiro atoms. The van der Waals surface area contributed by atoms with Crippen molar-refractivity contribution in [3.63, 3.8) is 0 Å². The Morgan fingerprint density at radius 1 is 1.40 bits per heavy atom. The van der Waals surface area contributed by atoms with Gasteiger partial charge in [-0.25, -0.2) is 0 Å². The van der Waals surface area contributed by atoms with Crippen LogP contribution in [-0.2, 0) is 9.47 Å². The summed E-state index contributed by atoms with van der Waals surface area (Å²) in [6, 6.07) is 0. The van der Waals surface area contributed by atoms with Crippen LogP contribution in [0.3, 0.4) is 0 Å². The van der Waals surface area contributed by atoms with Crippen LogP contribution in [0.5, 0.6) is 0 Å². The van der Waals surface area contributed by atoms with E-state index < -0.39 is 0 Å². The maximum Gasteiger partial charge on any atom is 0.154 e. The fourth-order valence-electron chi connectivity index (χ4n) is 0.477. The molecule has 0 rings (SSSR count). The summed E-state index contributed by atoms with van der Waals surface area (Å²) in [4.78, 5) is 0. The van der Waals surface area contributed by atoms with E-state index in [2.05, 4.69) is 0 Å². The zero-order valence-electron chi connectivity index (χ0n) is 6.05. The number of ether oxygens (including phenoxy) is 2. The van der Waals surface area contributed by atoms with Crippen molar-refractivity contribution in [2.24, 2.45) is 0 Å². The highest BCUT2D eigenvalue weighted by atomic mass is 35.5. The summed E-state index contributed by atoms with van der Waals surface area (Å²) >= 11 is 5.35. The second kappa shape index (κ2) is 7.28. The fraction of sp³-hybridized carbons (Fsp3) is 1.00. The van der Waals surface area contributed by atoms with E-state index in [1.807, 2.05) is 0 Å². The molecule has 0 aromatic rings. The van der Waals surface area contributed by atoms with Gasteiger partial charge >= 0.3 is 0 Å². The molecule has 0 aliphatic carbocycles. The Balaban J connectivity index is 3.00. The first-order chi connectivity index (χ1) is 4.81. The van der Waals surface area contributed by atoms with Gasteiger partial charge in [-0.1, -0.05) is 0 Å². The van der Waals surface area contributed by atoms with Gasteiger partial charge in [0, 0.05) is 5.88 Å². The van der Waals surface area contributed by atoms with E-state index in [9.17, 15) is 0 Å². The molecule has 0 aliphatic rings.